The molecule has 112 valence electrons. The molecular formula is C16H26N2O2. The molecule has 1 N–H and O–H groups in total. The SMILES string of the molecule is C/C(=C/C(=O)NC[C@@H]1CN2CCCC[C@@H]2CO1)C1CC1. The van der Waals surface area contributed by atoms with E-state index in [0.29, 0.717) is 18.5 Å². The molecule has 1 aliphatic carbocycles. The Bertz CT molecular complexity index is 390. The summed E-state index contributed by atoms with van der Waals surface area (Å²) in [5, 5.41) is 2.99. The van der Waals surface area contributed by atoms with Crippen LogP contribution in [-0.2, 0) is 9.53 Å². The maximum absolute atomic E-state index is 11.9. The lowest BCUT2D eigenvalue weighted by atomic mass is 10.0. The van der Waals surface area contributed by atoms with E-state index in [0.717, 1.165) is 13.2 Å². The Balaban J connectivity index is 1.42. The van der Waals surface area contributed by atoms with Crippen LogP contribution in [0.5, 0.6) is 0 Å². The van der Waals surface area contributed by atoms with Gasteiger partial charge in [-0.05, 0) is 45.1 Å². The van der Waals surface area contributed by atoms with Crippen molar-refractivity contribution in [2.75, 3.05) is 26.2 Å². The molecule has 0 radical (unpaired) electrons. The number of allylic oxidation sites excluding steroid dienone is 1. The molecule has 2 saturated heterocycles. The Labute approximate surface area is 121 Å². The maximum atomic E-state index is 11.9. The summed E-state index contributed by atoms with van der Waals surface area (Å²) in [4.78, 5) is 14.4. The molecule has 3 fully saturated rings. The predicted molar refractivity (Wildman–Crippen MR) is 78.4 cm³/mol. The summed E-state index contributed by atoms with van der Waals surface area (Å²) in [5.74, 6) is 0.708. The van der Waals surface area contributed by atoms with E-state index in [-0.39, 0.29) is 12.0 Å². The topological polar surface area (TPSA) is 41.6 Å². The first kappa shape index (κ1) is 14.1. The molecule has 0 unspecified atom stereocenters. The Morgan fingerprint density at radius 3 is 3.00 bits per heavy atom. The maximum Gasteiger partial charge on any atom is 0.244 e. The third kappa shape index (κ3) is 3.61. The van der Waals surface area contributed by atoms with E-state index in [1.807, 2.05) is 0 Å². The van der Waals surface area contributed by atoms with Gasteiger partial charge in [0.25, 0.3) is 0 Å². The lowest BCUT2D eigenvalue weighted by Gasteiger charge is -2.42. The van der Waals surface area contributed by atoms with Crippen LogP contribution in [0.4, 0.5) is 0 Å². The van der Waals surface area contributed by atoms with Crippen LogP contribution in [0.2, 0.25) is 0 Å². The van der Waals surface area contributed by atoms with Crippen LogP contribution in [0.3, 0.4) is 0 Å². The molecule has 0 bridgehead atoms. The first-order chi connectivity index (χ1) is 9.72. The first-order valence-corrected chi connectivity index (χ1v) is 8.04. The van der Waals surface area contributed by atoms with Gasteiger partial charge in [-0.15, -0.1) is 0 Å². The summed E-state index contributed by atoms with van der Waals surface area (Å²) in [5.41, 5.74) is 1.23. The molecule has 2 heterocycles. The van der Waals surface area contributed by atoms with Crippen LogP contribution in [0.15, 0.2) is 11.6 Å². The van der Waals surface area contributed by atoms with Gasteiger partial charge >= 0.3 is 0 Å². The number of carbonyl (C=O) groups excluding carboxylic acids is 1. The van der Waals surface area contributed by atoms with Crippen LogP contribution in [0, 0.1) is 5.92 Å². The van der Waals surface area contributed by atoms with Gasteiger partial charge in [0.2, 0.25) is 5.91 Å². The second kappa shape index (κ2) is 6.27. The largest absolute Gasteiger partial charge is 0.373 e. The molecule has 4 heteroatoms. The molecule has 2 atom stereocenters. The molecule has 1 saturated carbocycles. The molecule has 0 aromatic carbocycles. The lowest BCUT2D eigenvalue weighted by molar-refractivity contribution is -0.118. The molecule has 1 amide bonds. The fraction of sp³-hybridized carbons (Fsp3) is 0.812. The Morgan fingerprint density at radius 2 is 2.20 bits per heavy atom. The first-order valence-electron chi connectivity index (χ1n) is 8.04. The van der Waals surface area contributed by atoms with Gasteiger partial charge in [0.05, 0.1) is 12.7 Å². The van der Waals surface area contributed by atoms with E-state index in [2.05, 4.69) is 17.1 Å². The van der Waals surface area contributed by atoms with Crippen LogP contribution >= 0.6 is 0 Å². The van der Waals surface area contributed by atoms with E-state index in [9.17, 15) is 4.79 Å². The standard InChI is InChI=1S/C16H26N2O2/c1-12(13-5-6-13)8-16(19)17-9-15-10-18-7-3-2-4-14(18)11-20-15/h8,13-15H,2-7,9-11H2,1H3,(H,17,19)/b12-8-/t14-,15-/m1/s1. The van der Waals surface area contributed by atoms with E-state index < -0.39 is 0 Å². The van der Waals surface area contributed by atoms with Gasteiger partial charge in [-0.25, -0.2) is 0 Å². The fourth-order valence-corrected chi connectivity index (χ4v) is 3.30. The molecule has 0 aromatic rings. The smallest absolute Gasteiger partial charge is 0.244 e. The zero-order chi connectivity index (χ0) is 13.9. The van der Waals surface area contributed by atoms with Crippen molar-refractivity contribution in [2.45, 2.75) is 51.2 Å². The highest BCUT2D eigenvalue weighted by Crippen LogP contribution is 2.35. The van der Waals surface area contributed by atoms with Crippen molar-refractivity contribution in [3.8, 4) is 0 Å². The number of amides is 1. The number of nitrogens with one attached hydrogen (secondary N) is 1. The Kier molecular flexibility index (Phi) is 4.41. The van der Waals surface area contributed by atoms with Gasteiger partial charge in [-0.2, -0.15) is 0 Å². The minimum absolute atomic E-state index is 0.0405. The average Bonchev–Trinajstić information content (AvgIpc) is 3.29. The summed E-state index contributed by atoms with van der Waals surface area (Å²) in [6, 6.07) is 0.618. The number of morpholine rings is 1. The predicted octanol–water partition coefficient (Wildman–Crippen LogP) is 1.71. The average molecular weight is 278 g/mol. The zero-order valence-corrected chi connectivity index (χ0v) is 12.4. The quantitative estimate of drug-likeness (QED) is 0.796. The van der Waals surface area contributed by atoms with Crippen LogP contribution in [-0.4, -0.2) is 49.2 Å². The number of hydrogen-bond acceptors (Lipinski definition) is 3. The molecule has 20 heavy (non-hydrogen) atoms. The normalized spacial score (nSPS) is 31.8. The zero-order valence-electron chi connectivity index (χ0n) is 12.4. The van der Waals surface area contributed by atoms with E-state index >= 15 is 0 Å². The molecule has 3 rings (SSSR count). The van der Waals surface area contributed by atoms with E-state index in [4.69, 9.17) is 4.74 Å². The van der Waals surface area contributed by atoms with Gasteiger partial charge in [0.15, 0.2) is 0 Å². The number of piperidine rings is 1. The number of rotatable bonds is 4. The van der Waals surface area contributed by atoms with Gasteiger partial charge in [0, 0.05) is 25.2 Å². The van der Waals surface area contributed by atoms with Crippen molar-refractivity contribution >= 4 is 5.91 Å². The number of carbonyl (C=O) groups is 1. The van der Waals surface area contributed by atoms with E-state index in [1.165, 1.54) is 44.2 Å². The van der Waals surface area contributed by atoms with Crippen LogP contribution in [0.1, 0.15) is 39.0 Å². The van der Waals surface area contributed by atoms with Crippen LogP contribution in [0.25, 0.3) is 0 Å². The summed E-state index contributed by atoms with van der Waals surface area (Å²) in [6.45, 7) is 5.69. The number of ether oxygens (including phenoxy) is 1. The summed E-state index contributed by atoms with van der Waals surface area (Å²) < 4.78 is 5.89. The summed E-state index contributed by atoms with van der Waals surface area (Å²) in [6.07, 6.45) is 8.32. The second-order valence-corrected chi connectivity index (χ2v) is 6.51. The Hall–Kier alpha value is -0.870. The monoisotopic (exact) mass is 278 g/mol. The fourth-order valence-electron chi connectivity index (χ4n) is 3.30. The molecule has 4 nitrogen and oxygen atoms in total. The van der Waals surface area contributed by atoms with Crippen molar-refractivity contribution in [2.24, 2.45) is 5.92 Å². The Morgan fingerprint density at radius 1 is 1.35 bits per heavy atom. The van der Waals surface area contributed by atoms with Gasteiger partial charge in [-0.3, -0.25) is 9.69 Å². The molecule has 3 aliphatic rings. The van der Waals surface area contributed by atoms with Gasteiger partial charge < -0.3 is 10.1 Å². The number of fused-ring (bicyclic) bond motifs is 1. The third-order valence-corrected chi connectivity index (χ3v) is 4.80. The summed E-state index contributed by atoms with van der Waals surface area (Å²) in [7, 11) is 0. The second-order valence-electron chi connectivity index (χ2n) is 6.51. The van der Waals surface area contributed by atoms with Crippen molar-refractivity contribution in [3.05, 3.63) is 11.6 Å². The van der Waals surface area contributed by atoms with Crippen molar-refractivity contribution < 1.29 is 9.53 Å². The number of nitrogens with zero attached hydrogens (tertiary/aromatic N) is 1. The van der Waals surface area contributed by atoms with Crippen molar-refractivity contribution in [1.29, 1.82) is 0 Å². The highest BCUT2D eigenvalue weighted by Gasteiger charge is 2.30. The molecular weight excluding hydrogens is 252 g/mol. The lowest BCUT2D eigenvalue weighted by Crippen LogP contribution is -2.54. The van der Waals surface area contributed by atoms with E-state index in [1.54, 1.807) is 6.08 Å². The molecule has 0 spiro atoms. The van der Waals surface area contributed by atoms with Gasteiger partial charge in [-0.1, -0.05) is 12.0 Å². The van der Waals surface area contributed by atoms with Gasteiger partial charge in [0.1, 0.15) is 0 Å². The highest BCUT2D eigenvalue weighted by molar-refractivity contribution is 5.88. The molecule has 2 aliphatic heterocycles. The minimum atomic E-state index is 0.0405. The number of hydrogen-bond donors (Lipinski definition) is 1. The highest BCUT2D eigenvalue weighted by atomic mass is 16.5. The summed E-state index contributed by atoms with van der Waals surface area (Å²) >= 11 is 0. The van der Waals surface area contributed by atoms with Crippen LogP contribution < -0.4 is 5.32 Å². The minimum Gasteiger partial charge on any atom is -0.373 e. The van der Waals surface area contributed by atoms with Crippen molar-refractivity contribution in [3.63, 3.8) is 0 Å². The molecule has 0 aromatic heterocycles. The third-order valence-electron chi connectivity index (χ3n) is 4.80. The van der Waals surface area contributed by atoms with Crippen molar-refractivity contribution in [1.82, 2.24) is 10.2 Å².